The fourth-order valence-corrected chi connectivity index (χ4v) is 0.992. The molecule has 1 aromatic heterocycles. The number of aromatic hydroxyl groups is 1. The maximum atomic E-state index is 12.3. The van der Waals surface area contributed by atoms with Crippen LogP contribution in [0.15, 0.2) is 6.20 Å². The molecule has 15 heavy (non-hydrogen) atoms. The maximum Gasteiger partial charge on any atom is 0.409 e. The van der Waals surface area contributed by atoms with E-state index in [-0.39, 0.29) is 0 Å². The molecular formula is C7H6F2N2O4. The Balaban J connectivity index is 3.39. The summed E-state index contributed by atoms with van der Waals surface area (Å²) < 4.78 is 29.1. The second-order valence-corrected chi connectivity index (χ2v) is 2.48. The zero-order valence-corrected chi connectivity index (χ0v) is 7.48. The van der Waals surface area contributed by atoms with E-state index in [1.165, 1.54) is 0 Å². The number of ether oxygens (including phenoxy) is 1. The van der Waals surface area contributed by atoms with Crippen LogP contribution >= 0.6 is 0 Å². The van der Waals surface area contributed by atoms with Crippen LogP contribution in [0.4, 0.5) is 14.6 Å². The minimum Gasteiger partial charge on any atom is -0.498 e. The Morgan fingerprint density at radius 1 is 1.67 bits per heavy atom. The number of alkyl halides is 2. The summed E-state index contributed by atoms with van der Waals surface area (Å²) in [6.45, 7) is 0. The molecule has 8 heteroatoms. The van der Waals surface area contributed by atoms with Gasteiger partial charge in [0.15, 0.2) is 11.9 Å². The van der Waals surface area contributed by atoms with Gasteiger partial charge in [-0.25, -0.2) is 8.78 Å². The van der Waals surface area contributed by atoms with Crippen molar-refractivity contribution in [3.63, 3.8) is 0 Å². The Morgan fingerprint density at radius 2 is 2.27 bits per heavy atom. The minimum absolute atomic E-state index is 0.599. The Labute approximate surface area is 82.3 Å². The predicted octanol–water partition coefficient (Wildman–Crippen LogP) is 1.64. The van der Waals surface area contributed by atoms with Crippen LogP contribution in [-0.2, 0) is 0 Å². The summed E-state index contributed by atoms with van der Waals surface area (Å²) in [5.74, 6) is -2.55. The van der Waals surface area contributed by atoms with Gasteiger partial charge in [0.05, 0.1) is 7.11 Å². The summed E-state index contributed by atoms with van der Waals surface area (Å²) in [6.07, 6.45) is -2.33. The Morgan fingerprint density at radius 3 is 2.67 bits per heavy atom. The van der Waals surface area contributed by atoms with Crippen molar-refractivity contribution in [1.29, 1.82) is 0 Å². The summed E-state index contributed by atoms with van der Waals surface area (Å²) in [7, 11) is 1.02. The number of halogens is 2. The molecule has 82 valence electrons. The molecule has 0 aliphatic carbocycles. The molecule has 0 spiro atoms. The summed E-state index contributed by atoms with van der Waals surface area (Å²) in [5.41, 5.74) is -0.694. The Kier molecular flexibility index (Phi) is 2.98. The van der Waals surface area contributed by atoms with E-state index in [1.54, 1.807) is 0 Å². The minimum atomic E-state index is -2.93. The number of rotatable bonds is 3. The summed E-state index contributed by atoms with van der Waals surface area (Å²) >= 11 is 0. The molecule has 0 aromatic carbocycles. The number of aromatic nitrogens is 1. The highest BCUT2D eigenvalue weighted by molar-refractivity contribution is 5.54. The van der Waals surface area contributed by atoms with E-state index in [0.717, 1.165) is 7.11 Å². The SMILES string of the molecule is COc1c(C(F)F)cnc([N+](=O)[O-])c1O. The van der Waals surface area contributed by atoms with Crippen molar-refractivity contribution >= 4 is 5.82 Å². The zero-order chi connectivity index (χ0) is 11.6. The molecule has 0 saturated carbocycles. The highest BCUT2D eigenvalue weighted by Gasteiger charge is 2.27. The number of pyridine rings is 1. The van der Waals surface area contributed by atoms with Crippen LogP contribution in [-0.4, -0.2) is 22.1 Å². The quantitative estimate of drug-likeness (QED) is 0.618. The van der Waals surface area contributed by atoms with Gasteiger partial charge in [-0.15, -0.1) is 0 Å². The van der Waals surface area contributed by atoms with Gasteiger partial charge in [-0.1, -0.05) is 0 Å². The van der Waals surface area contributed by atoms with E-state index < -0.39 is 34.2 Å². The van der Waals surface area contributed by atoms with Crippen molar-refractivity contribution in [3.05, 3.63) is 21.9 Å². The van der Waals surface area contributed by atoms with E-state index >= 15 is 0 Å². The lowest BCUT2D eigenvalue weighted by atomic mass is 10.2. The van der Waals surface area contributed by atoms with Gasteiger partial charge in [0.25, 0.3) is 12.2 Å². The normalized spacial score (nSPS) is 10.4. The van der Waals surface area contributed by atoms with Gasteiger partial charge in [0.1, 0.15) is 5.56 Å². The first kappa shape index (κ1) is 11.1. The Hall–Kier alpha value is -1.99. The van der Waals surface area contributed by atoms with Crippen molar-refractivity contribution in [2.45, 2.75) is 6.43 Å². The topological polar surface area (TPSA) is 85.5 Å². The van der Waals surface area contributed by atoms with Gasteiger partial charge in [0, 0.05) is 0 Å². The largest absolute Gasteiger partial charge is 0.498 e. The second-order valence-electron chi connectivity index (χ2n) is 2.48. The maximum absolute atomic E-state index is 12.3. The number of methoxy groups -OCH3 is 1. The zero-order valence-electron chi connectivity index (χ0n) is 7.48. The Bertz CT molecular complexity index is 397. The van der Waals surface area contributed by atoms with Crippen LogP contribution in [0.3, 0.4) is 0 Å². The van der Waals surface area contributed by atoms with E-state index in [9.17, 15) is 24.0 Å². The number of hydrogen-bond donors (Lipinski definition) is 1. The number of nitro groups is 1. The lowest BCUT2D eigenvalue weighted by molar-refractivity contribution is -0.390. The van der Waals surface area contributed by atoms with Crippen LogP contribution in [0.5, 0.6) is 11.5 Å². The highest BCUT2D eigenvalue weighted by Crippen LogP contribution is 2.40. The number of hydrogen-bond acceptors (Lipinski definition) is 5. The molecule has 0 unspecified atom stereocenters. The first-order chi connectivity index (χ1) is 6.99. The lowest BCUT2D eigenvalue weighted by Gasteiger charge is -2.07. The standard InChI is InChI=1S/C7H6F2N2O4/c1-15-5-3(6(8)9)2-10-7(4(5)12)11(13)14/h2,6,12H,1H3. The van der Waals surface area contributed by atoms with Crippen LogP contribution in [0.1, 0.15) is 12.0 Å². The van der Waals surface area contributed by atoms with Gasteiger partial charge < -0.3 is 20.0 Å². The third-order valence-electron chi connectivity index (χ3n) is 1.63. The molecule has 1 heterocycles. The van der Waals surface area contributed by atoms with Gasteiger partial charge >= 0.3 is 5.82 Å². The van der Waals surface area contributed by atoms with Gasteiger partial charge in [-0.3, -0.25) is 0 Å². The monoisotopic (exact) mass is 220 g/mol. The van der Waals surface area contributed by atoms with E-state index in [2.05, 4.69) is 9.72 Å². The lowest BCUT2D eigenvalue weighted by Crippen LogP contribution is -1.99. The molecule has 0 saturated heterocycles. The van der Waals surface area contributed by atoms with Crippen LogP contribution in [0.2, 0.25) is 0 Å². The van der Waals surface area contributed by atoms with Crippen molar-refractivity contribution in [3.8, 4) is 11.5 Å². The van der Waals surface area contributed by atoms with Crippen molar-refractivity contribution in [2.24, 2.45) is 0 Å². The van der Waals surface area contributed by atoms with Gasteiger partial charge in [-0.05, 0) is 9.91 Å². The van der Waals surface area contributed by atoms with Crippen molar-refractivity contribution in [2.75, 3.05) is 7.11 Å². The molecule has 0 radical (unpaired) electrons. The predicted molar refractivity (Wildman–Crippen MR) is 44.1 cm³/mol. The molecule has 0 fully saturated rings. The molecule has 0 atom stereocenters. The smallest absolute Gasteiger partial charge is 0.409 e. The van der Waals surface area contributed by atoms with Gasteiger partial charge in [0.2, 0.25) is 0 Å². The van der Waals surface area contributed by atoms with Crippen molar-refractivity contribution < 1.29 is 23.5 Å². The molecular weight excluding hydrogens is 214 g/mol. The third kappa shape index (κ3) is 1.92. The highest BCUT2D eigenvalue weighted by atomic mass is 19.3. The molecule has 1 N–H and O–H groups in total. The van der Waals surface area contributed by atoms with Crippen LogP contribution in [0, 0.1) is 10.1 Å². The first-order valence-corrected chi connectivity index (χ1v) is 3.67. The average molecular weight is 220 g/mol. The average Bonchev–Trinajstić information content (AvgIpc) is 2.16. The molecule has 0 aliphatic heterocycles. The number of nitrogens with zero attached hydrogens (tertiary/aromatic N) is 2. The summed E-state index contributed by atoms with van der Waals surface area (Å²) in [5, 5.41) is 19.5. The van der Waals surface area contributed by atoms with E-state index in [1.807, 2.05) is 0 Å². The summed E-state index contributed by atoms with van der Waals surface area (Å²) in [4.78, 5) is 12.4. The molecule has 0 amide bonds. The molecule has 1 aromatic rings. The van der Waals surface area contributed by atoms with Crippen LogP contribution < -0.4 is 4.74 Å². The van der Waals surface area contributed by atoms with Gasteiger partial charge in [-0.2, -0.15) is 0 Å². The molecule has 0 aliphatic rings. The van der Waals surface area contributed by atoms with E-state index in [0.29, 0.717) is 6.20 Å². The fourth-order valence-electron chi connectivity index (χ4n) is 0.992. The van der Waals surface area contributed by atoms with E-state index in [4.69, 9.17) is 0 Å². The fraction of sp³-hybridized carbons (Fsp3) is 0.286. The van der Waals surface area contributed by atoms with Crippen molar-refractivity contribution in [1.82, 2.24) is 4.98 Å². The molecule has 0 bridgehead atoms. The third-order valence-corrected chi connectivity index (χ3v) is 1.63. The molecule has 6 nitrogen and oxygen atoms in total. The second kappa shape index (κ2) is 4.03. The van der Waals surface area contributed by atoms with Crippen LogP contribution in [0.25, 0.3) is 0 Å². The molecule has 1 rings (SSSR count). The first-order valence-electron chi connectivity index (χ1n) is 3.67. The summed E-state index contributed by atoms with van der Waals surface area (Å²) in [6, 6.07) is 0.